The summed E-state index contributed by atoms with van der Waals surface area (Å²) in [5.41, 5.74) is 3.91. The van der Waals surface area contributed by atoms with Gasteiger partial charge in [0, 0.05) is 12.0 Å². The van der Waals surface area contributed by atoms with E-state index in [2.05, 4.69) is 36.2 Å². The molecule has 2 aliphatic rings. The van der Waals surface area contributed by atoms with Gasteiger partial charge in [0.05, 0.1) is 12.7 Å². The zero-order valence-electron chi connectivity index (χ0n) is 11.4. The molecule has 0 aromatic heterocycles. The van der Waals surface area contributed by atoms with E-state index in [0.29, 0.717) is 10.5 Å². The lowest BCUT2D eigenvalue weighted by Crippen LogP contribution is -2.48. The highest BCUT2D eigenvalue weighted by atomic mass is 16.3. The number of rotatable bonds is 3. The summed E-state index contributed by atoms with van der Waals surface area (Å²) in [7, 11) is 0. The maximum Gasteiger partial charge on any atom is 0.195 e. The molecule has 19 heavy (non-hydrogen) atoms. The molecule has 1 N–H and O–H groups in total. The monoisotopic (exact) mass is 257 g/mol. The first kappa shape index (κ1) is 12.6. The molecule has 2 unspecified atom stereocenters. The number of quaternary nitrogens is 1. The summed E-state index contributed by atoms with van der Waals surface area (Å²) in [5.74, 6) is 0. The second kappa shape index (κ2) is 4.91. The minimum Gasteiger partial charge on any atom is -0.386 e. The van der Waals surface area contributed by atoms with Gasteiger partial charge < -0.3 is 5.11 Å². The lowest BCUT2D eigenvalue weighted by Gasteiger charge is -2.41. The summed E-state index contributed by atoms with van der Waals surface area (Å²) >= 11 is 0. The van der Waals surface area contributed by atoms with Crippen LogP contribution in [0.2, 0.25) is 0 Å². The number of benzene rings is 1. The average Bonchev–Trinajstić information content (AvgIpc) is 2.90. The highest BCUT2D eigenvalue weighted by Crippen LogP contribution is 2.42. The van der Waals surface area contributed by atoms with Gasteiger partial charge in [-0.25, -0.2) is 9.48 Å². The van der Waals surface area contributed by atoms with Crippen LogP contribution in [-0.2, 0) is 6.42 Å². The van der Waals surface area contributed by atoms with Gasteiger partial charge >= 0.3 is 0 Å². The van der Waals surface area contributed by atoms with Crippen LogP contribution in [-0.4, -0.2) is 29.1 Å². The number of aliphatic hydroxyl groups is 1. The van der Waals surface area contributed by atoms with Gasteiger partial charge in [0.1, 0.15) is 12.6 Å². The molecule has 3 nitrogen and oxygen atoms in total. The molecule has 3 rings (SSSR count). The average molecular weight is 257 g/mol. The number of aliphatic hydroxyl groups excluding tert-OH is 1. The van der Waals surface area contributed by atoms with Crippen molar-refractivity contribution >= 4 is 6.34 Å². The maximum atomic E-state index is 9.65. The van der Waals surface area contributed by atoms with Crippen LogP contribution in [0.5, 0.6) is 0 Å². The Kier molecular flexibility index (Phi) is 3.25. The number of aryl methyl sites for hydroxylation is 1. The molecule has 2 atom stereocenters. The highest BCUT2D eigenvalue weighted by molar-refractivity contribution is 5.54. The Morgan fingerprint density at radius 2 is 2.21 bits per heavy atom. The third-order valence-electron chi connectivity index (χ3n) is 4.61. The molecule has 0 spiro atoms. The summed E-state index contributed by atoms with van der Waals surface area (Å²) in [6.45, 7) is 3.21. The van der Waals surface area contributed by atoms with Crippen molar-refractivity contribution in [1.29, 1.82) is 0 Å². The van der Waals surface area contributed by atoms with Crippen molar-refractivity contribution in [3.05, 3.63) is 47.3 Å². The molecule has 0 saturated carbocycles. The molecule has 1 aliphatic carbocycles. The van der Waals surface area contributed by atoms with Crippen LogP contribution in [0.15, 0.2) is 41.2 Å². The lowest BCUT2D eigenvalue weighted by molar-refractivity contribution is -0.828. The number of hydrogen-bond acceptors (Lipinski definition) is 2. The summed E-state index contributed by atoms with van der Waals surface area (Å²) in [4.78, 5) is 4.33. The summed E-state index contributed by atoms with van der Waals surface area (Å²) < 4.78 is 0.702. The van der Waals surface area contributed by atoms with Gasteiger partial charge in [-0.15, -0.1) is 0 Å². The van der Waals surface area contributed by atoms with Crippen molar-refractivity contribution in [1.82, 2.24) is 0 Å². The van der Waals surface area contributed by atoms with Crippen molar-refractivity contribution in [2.24, 2.45) is 4.99 Å². The molecule has 3 heteroatoms. The van der Waals surface area contributed by atoms with Crippen molar-refractivity contribution in [2.45, 2.75) is 32.2 Å². The smallest absolute Gasteiger partial charge is 0.195 e. The van der Waals surface area contributed by atoms with E-state index in [-0.39, 0.29) is 6.61 Å². The third kappa shape index (κ3) is 1.85. The largest absolute Gasteiger partial charge is 0.386 e. The van der Waals surface area contributed by atoms with E-state index in [0.717, 1.165) is 18.7 Å². The minimum atomic E-state index is 0.0898. The van der Waals surface area contributed by atoms with Crippen LogP contribution in [0.4, 0.5) is 0 Å². The molecular weight excluding hydrogens is 236 g/mol. The summed E-state index contributed by atoms with van der Waals surface area (Å²) in [6.07, 6.45) is 7.40. The Labute approximate surface area is 114 Å². The Balaban J connectivity index is 2.07. The number of aliphatic imine (C=N–C) groups is 1. The molecule has 1 aromatic carbocycles. The first-order chi connectivity index (χ1) is 9.31. The van der Waals surface area contributed by atoms with Crippen molar-refractivity contribution in [3.8, 4) is 0 Å². The van der Waals surface area contributed by atoms with Crippen molar-refractivity contribution < 1.29 is 9.59 Å². The lowest BCUT2D eigenvalue weighted by atomic mass is 9.85. The van der Waals surface area contributed by atoms with Gasteiger partial charge in [-0.1, -0.05) is 24.3 Å². The second-order valence-corrected chi connectivity index (χ2v) is 5.40. The van der Waals surface area contributed by atoms with E-state index in [1.54, 1.807) is 0 Å². The quantitative estimate of drug-likeness (QED) is 0.830. The molecular formula is C16H21N2O+. The number of fused-ring (bicyclic) bond motifs is 1. The second-order valence-electron chi connectivity index (χ2n) is 5.40. The molecule has 0 bridgehead atoms. The van der Waals surface area contributed by atoms with Gasteiger partial charge in [-0.3, -0.25) is 0 Å². The van der Waals surface area contributed by atoms with Crippen LogP contribution in [0.1, 0.15) is 36.9 Å². The van der Waals surface area contributed by atoms with Gasteiger partial charge in [0.2, 0.25) is 0 Å². The number of hydrogen-bond donors (Lipinski definition) is 1. The third-order valence-corrected chi connectivity index (χ3v) is 4.61. The van der Waals surface area contributed by atoms with E-state index in [9.17, 15) is 5.11 Å². The standard InChI is InChI=1S/C16H21N2O/c1-2-18(12-17-10-14(18)11-19)16-9-5-7-13-6-3-4-8-15(13)16/h3-4,6,8,10,12,16,19H,2,5,7,9,11H2,1H3/q+1. The fourth-order valence-corrected chi connectivity index (χ4v) is 3.59. The van der Waals surface area contributed by atoms with E-state index in [1.807, 2.05) is 12.5 Å². The molecule has 1 aromatic rings. The molecule has 0 fully saturated rings. The Hall–Kier alpha value is -1.45. The van der Waals surface area contributed by atoms with E-state index in [4.69, 9.17) is 0 Å². The van der Waals surface area contributed by atoms with Gasteiger partial charge in [0.15, 0.2) is 12.0 Å². The normalized spacial score (nSPS) is 29.2. The summed E-state index contributed by atoms with van der Waals surface area (Å²) in [5, 5.41) is 9.65. The molecule has 100 valence electrons. The van der Waals surface area contributed by atoms with Crippen LogP contribution in [0, 0.1) is 0 Å². The summed E-state index contributed by atoms with van der Waals surface area (Å²) in [6, 6.07) is 9.13. The number of likely N-dealkylation sites (N-methyl/N-ethyl adjacent to an activating group) is 1. The van der Waals surface area contributed by atoms with Crippen LogP contribution < -0.4 is 0 Å². The van der Waals surface area contributed by atoms with Crippen molar-refractivity contribution in [3.63, 3.8) is 0 Å². The van der Waals surface area contributed by atoms with Gasteiger partial charge in [-0.05, 0) is 25.3 Å². The number of nitrogens with zero attached hydrogens (tertiary/aromatic N) is 2. The minimum absolute atomic E-state index is 0.0898. The Bertz CT molecular complexity index is 535. The van der Waals surface area contributed by atoms with Crippen LogP contribution in [0.25, 0.3) is 0 Å². The van der Waals surface area contributed by atoms with E-state index < -0.39 is 0 Å². The van der Waals surface area contributed by atoms with Crippen LogP contribution >= 0.6 is 0 Å². The van der Waals surface area contributed by atoms with Crippen molar-refractivity contribution in [2.75, 3.05) is 13.2 Å². The van der Waals surface area contributed by atoms with Gasteiger partial charge in [-0.2, -0.15) is 0 Å². The topological polar surface area (TPSA) is 32.6 Å². The molecule has 0 amide bonds. The maximum absolute atomic E-state index is 9.65. The molecule has 0 radical (unpaired) electrons. The van der Waals surface area contributed by atoms with E-state index >= 15 is 0 Å². The first-order valence-electron chi connectivity index (χ1n) is 7.12. The van der Waals surface area contributed by atoms with E-state index in [1.165, 1.54) is 24.0 Å². The predicted molar refractivity (Wildman–Crippen MR) is 76.6 cm³/mol. The predicted octanol–water partition coefficient (Wildman–Crippen LogP) is 2.78. The van der Waals surface area contributed by atoms with Crippen LogP contribution in [0.3, 0.4) is 0 Å². The zero-order chi connectivity index (χ0) is 13.3. The Morgan fingerprint density at radius 3 is 3.00 bits per heavy atom. The fourth-order valence-electron chi connectivity index (χ4n) is 3.59. The zero-order valence-corrected chi connectivity index (χ0v) is 11.4. The fraction of sp³-hybridized carbons (Fsp3) is 0.438. The van der Waals surface area contributed by atoms with Gasteiger partial charge in [0.25, 0.3) is 0 Å². The SMILES string of the molecule is CC[N+]1(C2CCCc3ccccc32)C=NC=C1CO. The molecule has 1 aliphatic heterocycles. The first-order valence-corrected chi connectivity index (χ1v) is 7.12. The molecule has 1 heterocycles. The highest BCUT2D eigenvalue weighted by Gasteiger charge is 2.43. The molecule has 0 saturated heterocycles. The Morgan fingerprint density at radius 1 is 1.37 bits per heavy atom.